The molecule has 120 valence electrons. The first-order valence-corrected chi connectivity index (χ1v) is 6.57. The number of aryl methyl sites for hydroxylation is 1. The maximum atomic E-state index is 11.9. The van der Waals surface area contributed by atoms with Crippen molar-refractivity contribution < 1.29 is 19.5 Å². The minimum absolute atomic E-state index is 0.0182. The molecule has 1 aromatic heterocycles. The monoisotopic (exact) mass is 318 g/mol. The Morgan fingerprint density at radius 3 is 2.48 bits per heavy atom. The van der Waals surface area contributed by atoms with Crippen molar-refractivity contribution in [3.05, 3.63) is 35.7 Å². The maximum absolute atomic E-state index is 11.9. The van der Waals surface area contributed by atoms with Crippen LogP contribution in [0.5, 0.6) is 0 Å². The van der Waals surface area contributed by atoms with Crippen LogP contribution in [0, 0.1) is 0 Å². The van der Waals surface area contributed by atoms with Gasteiger partial charge in [0.05, 0.1) is 6.42 Å². The molecule has 0 radical (unpaired) electrons. The summed E-state index contributed by atoms with van der Waals surface area (Å²) in [7, 11) is 1.63. The van der Waals surface area contributed by atoms with E-state index in [1.54, 1.807) is 19.2 Å². The topological polar surface area (TPSA) is 139 Å². The number of hydrogen-bond donors (Lipinski definition) is 3. The predicted molar refractivity (Wildman–Crippen MR) is 77.5 cm³/mol. The Labute approximate surface area is 130 Å². The molecule has 10 heteroatoms. The molecule has 2 aromatic rings. The molecular formula is C13H14N6O4. The van der Waals surface area contributed by atoms with E-state index < -0.39 is 18.4 Å². The Morgan fingerprint density at radius 1 is 1.22 bits per heavy atom. The van der Waals surface area contributed by atoms with Gasteiger partial charge in [0.25, 0.3) is 5.91 Å². The van der Waals surface area contributed by atoms with Crippen molar-refractivity contribution in [1.82, 2.24) is 25.5 Å². The number of carboxylic acid groups (broad SMARTS) is 1. The summed E-state index contributed by atoms with van der Waals surface area (Å²) in [6.07, 6.45) is 0.0182. The molecule has 0 atom stereocenters. The van der Waals surface area contributed by atoms with E-state index in [0.29, 0.717) is 17.1 Å². The lowest BCUT2D eigenvalue weighted by Gasteiger charge is -2.06. The zero-order valence-electron chi connectivity index (χ0n) is 12.2. The number of amides is 2. The number of carbonyl (C=O) groups is 3. The zero-order chi connectivity index (χ0) is 16.8. The average molecular weight is 318 g/mol. The van der Waals surface area contributed by atoms with E-state index in [9.17, 15) is 14.4 Å². The summed E-state index contributed by atoms with van der Waals surface area (Å²) in [4.78, 5) is 33.9. The van der Waals surface area contributed by atoms with Crippen molar-refractivity contribution in [2.75, 3.05) is 11.9 Å². The van der Waals surface area contributed by atoms with Gasteiger partial charge in [0.1, 0.15) is 6.54 Å². The van der Waals surface area contributed by atoms with Crippen molar-refractivity contribution in [3.8, 4) is 0 Å². The number of rotatable bonds is 6. The molecule has 0 spiro atoms. The first-order chi connectivity index (χ1) is 11.0. The summed E-state index contributed by atoms with van der Waals surface area (Å²) in [5, 5.41) is 24.2. The summed E-state index contributed by atoms with van der Waals surface area (Å²) in [6.45, 7) is -0.455. The van der Waals surface area contributed by atoms with E-state index in [1.165, 1.54) is 16.8 Å². The van der Waals surface area contributed by atoms with Gasteiger partial charge in [-0.2, -0.15) is 0 Å². The second kappa shape index (κ2) is 7.11. The van der Waals surface area contributed by atoms with Gasteiger partial charge in [-0.05, 0) is 34.7 Å². The van der Waals surface area contributed by atoms with E-state index in [1.807, 2.05) is 0 Å². The molecule has 1 heterocycles. The van der Waals surface area contributed by atoms with E-state index in [2.05, 4.69) is 26.2 Å². The van der Waals surface area contributed by atoms with Crippen molar-refractivity contribution in [3.63, 3.8) is 0 Å². The van der Waals surface area contributed by atoms with Crippen LogP contribution in [0.3, 0.4) is 0 Å². The lowest BCUT2D eigenvalue weighted by molar-refractivity contribution is -0.135. The normalized spacial score (nSPS) is 10.1. The number of nitrogens with one attached hydrogen (secondary N) is 2. The molecule has 2 rings (SSSR count). The summed E-state index contributed by atoms with van der Waals surface area (Å²) in [5.74, 6) is -1.51. The predicted octanol–water partition coefficient (Wildman–Crippen LogP) is -0.794. The van der Waals surface area contributed by atoms with Crippen molar-refractivity contribution in [2.24, 2.45) is 7.05 Å². The van der Waals surface area contributed by atoms with Crippen LogP contribution in [0.4, 0.5) is 5.69 Å². The molecule has 0 aliphatic heterocycles. The quantitative estimate of drug-likeness (QED) is 0.634. The number of hydrogen-bond acceptors (Lipinski definition) is 6. The van der Waals surface area contributed by atoms with Gasteiger partial charge in [-0.1, -0.05) is 0 Å². The molecule has 23 heavy (non-hydrogen) atoms. The number of benzene rings is 1. The van der Waals surface area contributed by atoms with Crippen LogP contribution < -0.4 is 10.6 Å². The van der Waals surface area contributed by atoms with Crippen LogP contribution in [0.25, 0.3) is 0 Å². The fourth-order valence-corrected chi connectivity index (χ4v) is 1.71. The minimum Gasteiger partial charge on any atom is -0.480 e. The van der Waals surface area contributed by atoms with Crippen LogP contribution in [0.1, 0.15) is 16.2 Å². The summed E-state index contributed by atoms with van der Waals surface area (Å²) >= 11 is 0. The number of carbonyl (C=O) groups excluding carboxylic acids is 2. The minimum atomic E-state index is -1.12. The molecule has 0 unspecified atom stereocenters. The molecule has 0 fully saturated rings. The number of carboxylic acids is 1. The molecule has 0 saturated heterocycles. The molecule has 0 bridgehead atoms. The van der Waals surface area contributed by atoms with Gasteiger partial charge in [-0.25, -0.2) is 4.68 Å². The summed E-state index contributed by atoms with van der Waals surface area (Å²) in [5.41, 5.74) is 0.793. The van der Waals surface area contributed by atoms with Gasteiger partial charge in [-0.3, -0.25) is 14.4 Å². The van der Waals surface area contributed by atoms with Crippen molar-refractivity contribution in [1.29, 1.82) is 0 Å². The molecule has 10 nitrogen and oxygen atoms in total. The fourth-order valence-electron chi connectivity index (χ4n) is 1.71. The number of nitrogens with zero attached hydrogens (tertiary/aromatic N) is 4. The molecule has 0 aliphatic carbocycles. The van der Waals surface area contributed by atoms with E-state index in [4.69, 9.17) is 5.11 Å². The Hall–Kier alpha value is -3.30. The highest BCUT2D eigenvalue weighted by Crippen LogP contribution is 2.10. The highest BCUT2D eigenvalue weighted by Gasteiger charge is 2.11. The largest absolute Gasteiger partial charge is 0.480 e. The van der Waals surface area contributed by atoms with Gasteiger partial charge in [-0.15, -0.1) is 5.10 Å². The number of aliphatic carboxylic acids is 1. The molecule has 3 N–H and O–H groups in total. The van der Waals surface area contributed by atoms with E-state index in [-0.39, 0.29) is 12.3 Å². The fraction of sp³-hybridized carbons (Fsp3) is 0.231. The molecule has 0 saturated carbocycles. The average Bonchev–Trinajstić information content (AvgIpc) is 2.90. The Morgan fingerprint density at radius 2 is 1.91 bits per heavy atom. The van der Waals surface area contributed by atoms with Crippen LogP contribution in [-0.4, -0.2) is 49.6 Å². The first kappa shape index (κ1) is 16.1. The van der Waals surface area contributed by atoms with Gasteiger partial charge in [0.2, 0.25) is 5.91 Å². The van der Waals surface area contributed by atoms with Crippen LogP contribution in [0.15, 0.2) is 24.3 Å². The van der Waals surface area contributed by atoms with E-state index in [0.717, 1.165) is 0 Å². The Bertz CT molecular complexity index is 724. The van der Waals surface area contributed by atoms with Gasteiger partial charge >= 0.3 is 5.97 Å². The molecule has 2 amide bonds. The lowest BCUT2D eigenvalue weighted by atomic mass is 10.2. The number of tetrazole rings is 1. The number of aromatic nitrogens is 4. The third kappa shape index (κ3) is 4.59. The Kier molecular flexibility index (Phi) is 4.97. The SMILES string of the molecule is Cn1nnnc1CC(=O)Nc1ccc(C(=O)NCC(=O)O)cc1. The summed E-state index contributed by atoms with van der Waals surface area (Å²) < 4.78 is 1.40. The van der Waals surface area contributed by atoms with Crippen molar-refractivity contribution >= 4 is 23.5 Å². The molecule has 1 aromatic carbocycles. The molecular weight excluding hydrogens is 304 g/mol. The maximum Gasteiger partial charge on any atom is 0.322 e. The third-order valence-electron chi connectivity index (χ3n) is 2.86. The van der Waals surface area contributed by atoms with Gasteiger partial charge in [0, 0.05) is 18.3 Å². The highest BCUT2D eigenvalue weighted by molar-refractivity contribution is 5.97. The number of anilines is 1. The van der Waals surface area contributed by atoms with Crippen LogP contribution in [0.2, 0.25) is 0 Å². The lowest BCUT2D eigenvalue weighted by Crippen LogP contribution is -2.29. The standard InChI is InChI=1S/C13H14N6O4/c1-19-10(16-17-18-19)6-11(20)15-9-4-2-8(3-5-9)13(23)14-7-12(21)22/h2-5H,6-7H2,1H3,(H,14,23)(H,15,20)(H,21,22). The van der Waals surface area contributed by atoms with Crippen LogP contribution in [-0.2, 0) is 23.1 Å². The molecule has 0 aliphatic rings. The highest BCUT2D eigenvalue weighted by atomic mass is 16.4. The Balaban J connectivity index is 1.92. The van der Waals surface area contributed by atoms with E-state index >= 15 is 0 Å². The third-order valence-corrected chi connectivity index (χ3v) is 2.86. The smallest absolute Gasteiger partial charge is 0.322 e. The first-order valence-electron chi connectivity index (χ1n) is 6.57. The summed E-state index contributed by atoms with van der Waals surface area (Å²) in [6, 6.07) is 6.05. The second-order valence-electron chi connectivity index (χ2n) is 4.60. The second-order valence-corrected chi connectivity index (χ2v) is 4.60. The van der Waals surface area contributed by atoms with Gasteiger partial charge < -0.3 is 15.7 Å². The van der Waals surface area contributed by atoms with Gasteiger partial charge in [0.15, 0.2) is 5.82 Å². The van der Waals surface area contributed by atoms with Crippen molar-refractivity contribution in [2.45, 2.75) is 6.42 Å². The van der Waals surface area contributed by atoms with Crippen LogP contribution >= 0.6 is 0 Å². The zero-order valence-corrected chi connectivity index (χ0v) is 12.2.